The van der Waals surface area contributed by atoms with Crippen LogP contribution in [0.15, 0.2) is 48.5 Å². The standard InChI is InChI=1S/C19H18ClNO3/c1-2-19(18(23)24,13-7-9-14(20)10-8-13)21-17(22)16-11-12-5-3-4-6-15(12)16/h3-10,16H,2,11H2,1H3,(H,21,22)(H,23,24). The molecule has 0 radical (unpaired) electrons. The summed E-state index contributed by atoms with van der Waals surface area (Å²) in [5.74, 6) is -1.63. The minimum Gasteiger partial charge on any atom is -0.479 e. The summed E-state index contributed by atoms with van der Waals surface area (Å²) >= 11 is 5.89. The van der Waals surface area contributed by atoms with E-state index in [1.165, 1.54) is 0 Å². The summed E-state index contributed by atoms with van der Waals surface area (Å²) in [5.41, 5.74) is 1.18. The van der Waals surface area contributed by atoms with Crippen molar-refractivity contribution in [2.24, 2.45) is 0 Å². The molecule has 0 spiro atoms. The second kappa shape index (κ2) is 6.29. The first-order valence-corrected chi connectivity index (χ1v) is 8.25. The zero-order chi connectivity index (χ0) is 17.3. The summed E-state index contributed by atoms with van der Waals surface area (Å²) in [5, 5.41) is 13.1. The van der Waals surface area contributed by atoms with Crippen molar-refractivity contribution in [2.45, 2.75) is 31.2 Å². The summed E-state index contributed by atoms with van der Waals surface area (Å²) in [6, 6.07) is 14.3. The van der Waals surface area contributed by atoms with Crippen LogP contribution in [-0.2, 0) is 21.5 Å². The minimum absolute atomic E-state index is 0.240. The Morgan fingerprint density at radius 3 is 2.46 bits per heavy atom. The second-order valence-corrected chi connectivity index (χ2v) is 6.45. The first-order chi connectivity index (χ1) is 11.5. The maximum atomic E-state index is 12.7. The molecule has 2 aromatic rings. The third kappa shape index (κ3) is 2.67. The maximum Gasteiger partial charge on any atom is 0.334 e. The largest absolute Gasteiger partial charge is 0.479 e. The molecule has 1 aliphatic rings. The molecule has 2 unspecified atom stereocenters. The topological polar surface area (TPSA) is 66.4 Å². The van der Waals surface area contributed by atoms with Crippen molar-refractivity contribution in [3.8, 4) is 0 Å². The number of aliphatic carboxylic acids is 1. The van der Waals surface area contributed by atoms with Gasteiger partial charge in [0.1, 0.15) is 0 Å². The molecular formula is C19H18ClNO3. The SMILES string of the molecule is CCC(NC(=O)C1Cc2ccccc21)(C(=O)O)c1ccc(Cl)cc1. The van der Waals surface area contributed by atoms with Crippen molar-refractivity contribution in [3.05, 3.63) is 70.2 Å². The van der Waals surface area contributed by atoms with Crippen molar-refractivity contribution in [1.29, 1.82) is 0 Å². The van der Waals surface area contributed by atoms with E-state index in [1.807, 2.05) is 24.3 Å². The lowest BCUT2D eigenvalue weighted by atomic mass is 9.76. The van der Waals surface area contributed by atoms with Crippen molar-refractivity contribution in [1.82, 2.24) is 5.32 Å². The van der Waals surface area contributed by atoms with Crippen LogP contribution in [0, 0.1) is 0 Å². The number of fused-ring (bicyclic) bond motifs is 1. The van der Waals surface area contributed by atoms with E-state index in [0.717, 1.165) is 11.1 Å². The Morgan fingerprint density at radius 2 is 1.88 bits per heavy atom. The number of carboxylic acids is 1. The van der Waals surface area contributed by atoms with E-state index in [1.54, 1.807) is 31.2 Å². The molecule has 24 heavy (non-hydrogen) atoms. The number of nitrogens with one attached hydrogen (secondary N) is 1. The molecule has 1 amide bonds. The molecule has 1 aliphatic carbocycles. The monoisotopic (exact) mass is 343 g/mol. The Balaban J connectivity index is 1.89. The first-order valence-electron chi connectivity index (χ1n) is 7.87. The Bertz CT molecular complexity index is 787. The van der Waals surface area contributed by atoms with E-state index in [4.69, 9.17) is 11.6 Å². The van der Waals surface area contributed by atoms with Crippen LogP contribution < -0.4 is 5.32 Å². The van der Waals surface area contributed by atoms with Gasteiger partial charge < -0.3 is 10.4 Å². The van der Waals surface area contributed by atoms with Crippen LogP contribution >= 0.6 is 11.6 Å². The lowest BCUT2D eigenvalue weighted by Gasteiger charge is -2.35. The molecule has 2 N–H and O–H groups in total. The fraction of sp³-hybridized carbons (Fsp3) is 0.263. The van der Waals surface area contributed by atoms with Gasteiger partial charge in [0.25, 0.3) is 0 Å². The van der Waals surface area contributed by atoms with Gasteiger partial charge in [-0.3, -0.25) is 4.79 Å². The lowest BCUT2D eigenvalue weighted by molar-refractivity contribution is -0.148. The number of hydrogen-bond donors (Lipinski definition) is 2. The van der Waals surface area contributed by atoms with Crippen molar-refractivity contribution < 1.29 is 14.7 Å². The molecule has 2 aromatic carbocycles. The Morgan fingerprint density at radius 1 is 1.21 bits per heavy atom. The van der Waals surface area contributed by atoms with Crippen molar-refractivity contribution >= 4 is 23.5 Å². The number of carbonyl (C=O) groups excluding carboxylic acids is 1. The number of carbonyl (C=O) groups is 2. The second-order valence-electron chi connectivity index (χ2n) is 6.02. The fourth-order valence-electron chi connectivity index (χ4n) is 3.22. The van der Waals surface area contributed by atoms with E-state index in [9.17, 15) is 14.7 Å². The zero-order valence-electron chi connectivity index (χ0n) is 13.3. The summed E-state index contributed by atoms with van der Waals surface area (Å²) in [4.78, 5) is 24.7. The summed E-state index contributed by atoms with van der Waals surface area (Å²) in [6.07, 6.45) is 0.881. The van der Waals surface area contributed by atoms with Gasteiger partial charge in [-0.15, -0.1) is 0 Å². The number of benzene rings is 2. The number of halogens is 1. The van der Waals surface area contributed by atoms with E-state index in [2.05, 4.69) is 5.32 Å². The summed E-state index contributed by atoms with van der Waals surface area (Å²) in [6.45, 7) is 1.75. The Kier molecular flexibility index (Phi) is 4.33. The van der Waals surface area contributed by atoms with Crippen LogP contribution in [0.2, 0.25) is 5.02 Å². The van der Waals surface area contributed by atoms with Gasteiger partial charge in [-0.2, -0.15) is 0 Å². The molecule has 0 aliphatic heterocycles. The van der Waals surface area contributed by atoms with E-state index >= 15 is 0 Å². The first kappa shape index (κ1) is 16.5. The van der Waals surface area contributed by atoms with Gasteiger partial charge in [0.05, 0.1) is 5.92 Å². The molecule has 0 heterocycles. The number of rotatable bonds is 5. The third-order valence-corrected chi connectivity index (χ3v) is 4.99. The molecule has 3 rings (SSSR count). The summed E-state index contributed by atoms with van der Waals surface area (Å²) in [7, 11) is 0. The average molecular weight is 344 g/mol. The van der Waals surface area contributed by atoms with Crippen LogP contribution in [0.25, 0.3) is 0 Å². The highest BCUT2D eigenvalue weighted by Crippen LogP contribution is 2.36. The van der Waals surface area contributed by atoms with Crippen LogP contribution in [0.4, 0.5) is 0 Å². The fourth-order valence-corrected chi connectivity index (χ4v) is 3.34. The highest BCUT2D eigenvalue weighted by molar-refractivity contribution is 6.30. The maximum absolute atomic E-state index is 12.7. The van der Waals surface area contributed by atoms with E-state index in [0.29, 0.717) is 17.0 Å². The molecule has 0 bridgehead atoms. The molecule has 5 heteroatoms. The highest BCUT2D eigenvalue weighted by Gasteiger charge is 2.43. The predicted molar refractivity (Wildman–Crippen MR) is 92.1 cm³/mol. The molecule has 124 valence electrons. The van der Waals surface area contributed by atoms with Gasteiger partial charge in [0, 0.05) is 5.02 Å². The zero-order valence-corrected chi connectivity index (χ0v) is 14.0. The summed E-state index contributed by atoms with van der Waals surface area (Å²) < 4.78 is 0. The molecule has 0 saturated carbocycles. The van der Waals surface area contributed by atoms with E-state index < -0.39 is 11.5 Å². The number of amides is 1. The van der Waals surface area contributed by atoms with Crippen molar-refractivity contribution in [2.75, 3.05) is 0 Å². The highest BCUT2D eigenvalue weighted by atomic mass is 35.5. The number of carboxylic acid groups (broad SMARTS) is 1. The van der Waals surface area contributed by atoms with Crippen LogP contribution in [0.5, 0.6) is 0 Å². The van der Waals surface area contributed by atoms with Gasteiger partial charge in [-0.1, -0.05) is 54.9 Å². The smallest absolute Gasteiger partial charge is 0.334 e. The minimum atomic E-state index is -1.45. The molecule has 0 fully saturated rings. The van der Waals surface area contributed by atoms with Gasteiger partial charge in [-0.25, -0.2) is 4.79 Å². The van der Waals surface area contributed by atoms with Crippen LogP contribution in [-0.4, -0.2) is 17.0 Å². The predicted octanol–water partition coefficient (Wildman–Crippen LogP) is 3.49. The lowest BCUT2D eigenvalue weighted by Crippen LogP contribution is -2.53. The molecule has 4 nitrogen and oxygen atoms in total. The van der Waals surface area contributed by atoms with Gasteiger partial charge in [0.2, 0.25) is 5.91 Å². The Hall–Kier alpha value is -2.33. The molecular weight excluding hydrogens is 326 g/mol. The van der Waals surface area contributed by atoms with E-state index in [-0.39, 0.29) is 18.2 Å². The molecule has 0 aromatic heterocycles. The molecule has 2 atom stereocenters. The van der Waals surface area contributed by atoms with Gasteiger partial charge in [-0.05, 0) is 41.7 Å². The number of hydrogen-bond acceptors (Lipinski definition) is 2. The van der Waals surface area contributed by atoms with Crippen LogP contribution in [0.3, 0.4) is 0 Å². The normalized spacial score (nSPS) is 18.0. The van der Waals surface area contributed by atoms with Gasteiger partial charge >= 0.3 is 5.97 Å². The quantitative estimate of drug-likeness (QED) is 0.873. The third-order valence-electron chi connectivity index (χ3n) is 4.74. The van der Waals surface area contributed by atoms with Crippen molar-refractivity contribution in [3.63, 3.8) is 0 Å². The van der Waals surface area contributed by atoms with Crippen LogP contribution in [0.1, 0.15) is 36.0 Å². The van der Waals surface area contributed by atoms with Gasteiger partial charge in [0.15, 0.2) is 5.54 Å². The average Bonchev–Trinajstić information content (AvgIpc) is 2.54. The molecule has 0 saturated heterocycles. The Labute approximate surface area is 145 Å².